The minimum absolute atomic E-state index is 0.969. The summed E-state index contributed by atoms with van der Waals surface area (Å²) in [6, 6.07) is 42.7. The molecule has 3 heteroatoms. The van der Waals surface area contributed by atoms with Crippen molar-refractivity contribution in [1.82, 2.24) is 4.98 Å². The van der Waals surface area contributed by atoms with Crippen LogP contribution in [0, 0.1) is 0 Å². The van der Waals surface area contributed by atoms with Gasteiger partial charge < -0.3 is 4.90 Å². The van der Waals surface area contributed by atoms with Crippen molar-refractivity contribution in [2.24, 2.45) is 0 Å². The van der Waals surface area contributed by atoms with Gasteiger partial charge in [0.05, 0.1) is 5.69 Å². The van der Waals surface area contributed by atoms with Crippen LogP contribution in [0.2, 0.25) is 0 Å². The SMILES string of the molecule is CN(C)c1cc2c(cc1-c1ccccc1)nc1cc(-c3ccccc3)ccc1[n+]2-c1ccccc1. The number of hydrogen-bond acceptors (Lipinski definition) is 2. The highest BCUT2D eigenvalue weighted by Crippen LogP contribution is 2.34. The van der Waals surface area contributed by atoms with Crippen LogP contribution in [0.4, 0.5) is 5.69 Å². The Labute approximate surface area is 205 Å². The third kappa shape index (κ3) is 3.81. The van der Waals surface area contributed by atoms with Crippen molar-refractivity contribution in [3.8, 4) is 27.9 Å². The maximum absolute atomic E-state index is 5.20. The smallest absolute Gasteiger partial charge is 0.239 e. The largest absolute Gasteiger partial charge is 0.377 e. The van der Waals surface area contributed by atoms with Gasteiger partial charge in [-0.3, -0.25) is 0 Å². The molecule has 0 fully saturated rings. The third-order valence-electron chi connectivity index (χ3n) is 6.48. The molecule has 0 aliphatic rings. The van der Waals surface area contributed by atoms with Crippen LogP contribution in [0.3, 0.4) is 0 Å². The van der Waals surface area contributed by atoms with Crippen molar-refractivity contribution >= 4 is 27.8 Å². The van der Waals surface area contributed by atoms with Gasteiger partial charge in [0.25, 0.3) is 0 Å². The van der Waals surface area contributed by atoms with E-state index in [1.54, 1.807) is 0 Å². The molecule has 6 aromatic rings. The number of rotatable bonds is 4. The second kappa shape index (κ2) is 8.69. The van der Waals surface area contributed by atoms with Gasteiger partial charge in [0.2, 0.25) is 16.7 Å². The van der Waals surface area contributed by atoms with Crippen LogP contribution >= 0.6 is 0 Å². The van der Waals surface area contributed by atoms with Crippen molar-refractivity contribution < 1.29 is 4.57 Å². The standard InChI is InChI=1S/C32H26N3/c1-34(2)31-22-32-29(21-27(31)24-14-8-4-9-15-24)33-28-20-25(23-12-6-3-7-13-23)18-19-30(28)35(32)26-16-10-5-11-17-26/h3-22H,1-2H3/q+1. The Kier molecular flexibility index (Phi) is 5.23. The second-order valence-electron chi connectivity index (χ2n) is 8.97. The highest BCUT2D eigenvalue weighted by molar-refractivity contribution is 5.93. The molecule has 3 nitrogen and oxygen atoms in total. The topological polar surface area (TPSA) is 20.0 Å². The van der Waals surface area contributed by atoms with Gasteiger partial charge in [-0.05, 0) is 34.9 Å². The lowest BCUT2D eigenvalue weighted by Gasteiger charge is -2.18. The van der Waals surface area contributed by atoms with Gasteiger partial charge in [0.1, 0.15) is 11.0 Å². The molecule has 0 atom stereocenters. The Balaban J connectivity index is 1.71. The van der Waals surface area contributed by atoms with Gasteiger partial charge in [-0.15, -0.1) is 4.57 Å². The summed E-state index contributed by atoms with van der Waals surface area (Å²) in [4.78, 5) is 7.38. The maximum atomic E-state index is 5.20. The molecule has 0 aliphatic heterocycles. The Morgan fingerprint density at radius 2 is 1.14 bits per heavy atom. The van der Waals surface area contributed by atoms with Crippen LogP contribution in [0.5, 0.6) is 0 Å². The Morgan fingerprint density at radius 3 is 1.80 bits per heavy atom. The van der Waals surface area contributed by atoms with Crippen LogP contribution in [-0.4, -0.2) is 19.1 Å². The molecule has 1 heterocycles. The summed E-state index contributed by atoms with van der Waals surface area (Å²) >= 11 is 0. The molecule has 0 spiro atoms. The summed E-state index contributed by atoms with van der Waals surface area (Å²) in [5, 5.41) is 0. The highest BCUT2D eigenvalue weighted by Gasteiger charge is 2.22. The zero-order valence-electron chi connectivity index (χ0n) is 19.9. The first-order chi connectivity index (χ1) is 17.2. The quantitative estimate of drug-likeness (QED) is 0.211. The number of anilines is 1. The third-order valence-corrected chi connectivity index (χ3v) is 6.48. The number of benzene rings is 5. The normalized spacial score (nSPS) is 11.1. The van der Waals surface area contributed by atoms with Gasteiger partial charge in [-0.1, -0.05) is 78.9 Å². The van der Waals surface area contributed by atoms with Crippen molar-refractivity contribution in [2.75, 3.05) is 19.0 Å². The van der Waals surface area contributed by atoms with E-state index >= 15 is 0 Å². The molecule has 0 unspecified atom stereocenters. The van der Waals surface area contributed by atoms with Gasteiger partial charge in [-0.25, -0.2) is 4.98 Å². The number of para-hydroxylation sites is 1. The Bertz CT molecular complexity index is 1640. The number of hydrogen-bond donors (Lipinski definition) is 0. The fourth-order valence-corrected chi connectivity index (χ4v) is 4.78. The molecule has 6 rings (SSSR count). The van der Waals surface area contributed by atoms with E-state index in [1.807, 2.05) is 6.07 Å². The summed E-state index contributed by atoms with van der Waals surface area (Å²) in [7, 11) is 4.20. The maximum Gasteiger partial charge on any atom is 0.239 e. The average Bonchev–Trinajstić information content (AvgIpc) is 2.92. The van der Waals surface area contributed by atoms with Crippen LogP contribution in [-0.2, 0) is 0 Å². The molecular weight excluding hydrogens is 426 g/mol. The van der Waals surface area contributed by atoms with E-state index in [9.17, 15) is 0 Å². The first-order valence-electron chi connectivity index (χ1n) is 11.9. The number of fused-ring (bicyclic) bond motifs is 2. The molecule has 35 heavy (non-hydrogen) atoms. The fourth-order valence-electron chi connectivity index (χ4n) is 4.78. The monoisotopic (exact) mass is 452 g/mol. The van der Waals surface area contributed by atoms with Crippen molar-refractivity contribution in [1.29, 1.82) is 0 Å². The van der Waals surface area contributed by atoms with E-state index in [0.717, 1.165) is 39.0 Å². The molecule has 1 aromatic heterocycles. The van der Waals surface area contributed by atoms with Gasteiger partial charge in [0.15, 0.2) is 0 Å². The van der Waals surface area contributed by atoms with E-state index in [4.69, 9.17) is 4.98 Å². The Morgan fingerprint density at radius 1 is 0.543 bits per heavy atom. The molecule has 0 amide bonds. The first-order valence-corrected chi connectivity index (χ1v) is 11.9. The first kappa shape index (κ1) is 21.1. The molecule has 5 aromatic carbocycles. The summed E-state index contributed by atoms with van der Waals surface area (Å²) in [5.74, 6) is 0. The molecule has 0 aliphatic carbocycles. The molecule has 0 N–H and O–H groups in total. The Hall–Kier alpha value is -4.50. The lowest BCUT2D eigenvalue weighted by molar-refractivity contribution is -0.538. The minimum Gasteiger partial charge on any atom is -0.377 e. The van der Waals surface area contributed by atoms with Crippen LogP contribution in [0.1, 0.15) is 0 Å². The van der Waals surface area contributed by atoms with Gasteiger partial charge in [0, 0.05) is 43.9 Å². The fraction of sp³-hybridized carbons (Fsp3) is 0.0625. The average molecular weight is 453 g/mol. The summed E-state index contributed by atoms with van der Waals surface area (Å²) < 4.78 is 2.33. The summed E-state index contributed by atoms with van der Waals surface area (Å²) in [6.45, 7) is 0. The predicted octanol–water partition coefficient (Wildman–Crippen LogP) is 7.06. The molecule has 0 bridgehead atoms. The van der Waals surface area contributed by atoms with Crippen molar-refractivity contribution in [3.63, 3.8) is 0 Å². The van der Waals surface area contributed by atoms with Gasteiger partial charge >= 0.3 is 0 Å². The lowest BCUT2D eigenvalue weighted by Crippen LogP contribution is -2.33. The summed E-state index contributed by atoms with van der Waals surface area (Å²) in [6.07, 6.45) is 0. The number of nitrogens with zero attached hydrogens (tertiary/aromatic N) is 3. The van der Waals surface area contributed by atoms with E-state index in [2.05, 4.69) is 139 Å². The van der Waals surface area contributed by atoms with E-state index in [0.29, 0.717) is 0 Å². The zero-order chi connectivity index (χ0) is 23.8. The predicted molar refractivity (Wildman–Crippen MR) is 146 cm³/mol. The second-order valence-corrected chi connectivity index (χ2v) is 8.97. The molecule has 168 valence electrons. The highest BCUT2D eigenvalue weighted by atomic mass is 15.1. The minimum atomic E-state index is 0.969. The summed E-state index contributed by atoms with van der Waals surface area (Å²) in [5.41, 5.74) is 11.1. The molecule has 0 saturated carbocycles. The van der Waals surface area contributed by atoms with Crippen molar-refractivity contribution in [2.45, 2.75) is 0 Å². The number of aromatic nitrogens is 2. The van der Waals surface area contributed by atoms with E-state index < -0.39 is 0 Å². The van der Waals surface area contributed by atoms with E-state index in [1.165, 1.54) is 16.7 Å². The molecular formula is C32H26N3+. The van der Waals surface area contributed by atoms with E-state index in [-0.39, 0.29) is 0 Å². The van der Waals surface area contributed by atoms with Crippen LogP contribution in [0.15, 0.2) is 121 Å². The zero-order valence-corrected chi connectivity index (χ0v) is 19.9. The molecule has 0 radical (unpaired) electrons. The van der Waals surface area contributed by atoms with Crippen LogP contribution < -0.4 is 9.47 Å². The van der Waals surface area contributed by atoms with Gasteiger partial charge in [-0.2, -0.15) is 0 Å². The molecule has 0 saturated heterocycles. The lowest BCUT2D eigenvalue weighted by atomic mass is 10.0. The van der Waals surface area contributed by atoms with Crippen molar-refractivity contribution in [3.05, 3.63) is 121 Å². The van der Waals surface area contributed by atoms with Crippen LogP contribution in [0.25, 0.3) is 50.0 Å².